The monoisotopic (exact) mass is 280 g/mol. The lowest BCUT2D eigenvalue weighted by Gasteiger charge is -2.37. The van der Waals surface area contributed by atoms with Gasteiger partial charge in [-0.25, -0.2) is 0 Å². The number of carbonyl (C=O) groups excluding carboxylic acids is 2. The molecule has 114 valence electrons. The van der Waals surface area contributed by atoms with Crippen molar-refractivity contribution in [3.8, 4) is 0 Å². The topological polar surface area (TPSA) is 40.6 Å². The van der Waals surface area contributed by atoms with E-state index in [4.69, 9.17) is 0 Å². The van der Waals surface area contributed by atoms with Gasteiger partial charge in [-0.05, 0) is 26.2 Å². The fraction of sp³-hybridized carbons (Fsp3) is 0.875. The average molecular weight is 280 g/mol. The van der Waals surface area contributed by atoms with Crippen molar-refractivity contribution in [2.24, 2.45) is 5.92 Å². The van der Waals surface area contributed by atoms with Crippen molar-refractivity contribution >= 4 is 11.7 Å². The van der Waals surface area contributed by atoms with Gasteiger partial charge in [-0.1, -0.05) is 19.8 Å². The number of ketones is 1. The van der Waals surface area contributed by atoms with E-state index in [1.165, 1.54) is 12.8 Å². The smallest absolute Gasteiger partial charge is 0.239 e. The van der Waals surface area contributed by atoms with Crippen LogP contribution in [0.1, 0.15) is 52.4 Å². The number of nitrogens with zero attached hydrogens (tertiary/aromatic N) is 2. The van der Waals surface area contributed by atoms with Gasteiger partial charge in [-0.2, -0.15) is 0 Å². The number of hydrogen-bond acceptors (Lipinski definition) is 3. The number of carbonyl (C=O) groups is 2. The molecule has 2 fully saturated rings. The van der Waals surface area contributed by atoms with Gasteiger partial charge in [0.2, 0.25) is 5.91 Å². The third-order valence-electron chi connectivity index (χ3n) is 4.87. The molecule has 4 heteroatoms. The van der Waals surface area contributed by atoms with E-state index in [-0.39, 0.29) is 17.9 Å². The fourth-order valence-electron chi connectivity index (χ4n) is 3.35. The molecule has 2 rings (SSSR count). The van der Waals surface area contributed by atoms with Crippen molar-refractivity contribution in [1.82, 2.24) is 9.80 Å². The Bertz CT molecular complexity index is 348. The van der Waals surface area contributed by atoms with E-state index in [2.05, 4.69) is 11.8 Å². The summed E-state index contributed by atoms with van der Waals surface area (Å²) in [6.07, 6.45) is 6.25. The lowest BCUT2D eigenvalue weighted by molar-refractivity contribution is -0.139. The molecule has 1 amide bonds. The van der Waals surface area contributed by atoms with E-state index >= 15 is 0 Å². The van der Waals surface area contributed by atoms with Crippen molar-refractivity contribution in [3.05, 3.63) is 0 Å². The highest BCUT2D eigenvalue weighted by Gasteiger charge is 2.32. The summed E-state index contributed by atoms with van der Waals surface area (Å²) in [6, 6.07) is -0.0738. The second kappa shape index (κ2) is 7.21. The van der Waals surface area contributed by atoms with Gasteiger partial charge in [0.05, 0.1) is 6.04 Å². The predicted octanol–water partition coefficient (Wildman–Crippen LogP) is 2.08. The number of hydrogen-bond donors (Lipinski definition) is 0. The highest BCUT2D eigenvalue weighted by atomic mass is 16.2. The van der Waals surface area contributed by atoms with Crippen LogP contribution in [0, 0.1) is 5.92 Å². The van der Waals surface area contributed by atoms with Crippen LogP contribution in [0.25, 0.3) is 0 Å². The molecule has 0 N–H and O–H groups in total. The SMILES string of the molecule is CCC1CN(C(C)C(=O)N2CCCCCC2)CCC1=O. The van der Waals surface area contributed by atoms with E-state index in [1.807, 2.05) is 11.8 Å². The van der Waals surface area contributed by atoms with Crippen LogP contribution in [0.3, 0.4) is 0 Å². The lowest BCUT2D eigenvalue weighted by Crippen LogP contribution is -2.52. The first-order valence-corrected chi connectivity index (χ1v) is 8.19. The van der Waals surface area contributed by atoms with Crippen LogP contribution in [-0.2, 0) is 9.59 Å². The molecule has 0 aromatic carbocycles. The molecule has 2 aliphatic rings. The van der Waals surface area contributed by atoms with Crippen molar-refractivity contribution in [3.63, 3.8) is 0 Å². The summed E-state index contributed by atoms with van der Waals surface area (Å²) < 4.78 is 0. The Morgan fingerprint density at radius 1 is 1.20 bits per heavy atom. The van der Waals surface area contributed by atoms with Crippen LogP contribution in [0.4, 0.5) is 0 Å². The first-order valence-electron chi connectivity index (χ1n) is 8.19. The second-order valence-electron chi connectivity index (χ2n) is 6.23. The molecular formula is C16H28N2O2. The van der Waals surface area contributed by atoms with Crippen LogP contribution in [-0.4, -0.2) is 53.7 Å². The molecule has 0 spiro atoms. The van der Waals surface area contributed by atoms with Crippen LogP contribution in [0.2, 0.25) is 0 Å². The Labute approximate surface area is 122 Å². The van der Waals surface area contributed by atoms with Crippen molar-refractivity contribution in [2.75, 3.05) is 26.2 Å². The summed E-state index contributed by atoms with van der Waals surface area (Å²) in [6.45, 7) is 7.40. The minimum atomic E-state index is -0.0738. The Morgan fingerprint density at radius 3 is 2.45 bits per heavy atom. The highest BCUT2D eigenvalue weighted by molar-refractivity contribution is 5.84. The van der Waals surface area contributed by atoms with E-state index < -0.39 is 0 Å². The standard InChI is InChI=1S/C16H28N2O2/c1-3-14-12-18(11-8-15(14)19)13(2)16(20)17-9-6-4-5-7-10-17/h13-14H,3-12H2,1-2H3. The van der Waals surface area contributed by atoms with Gasteiger partial charge in [0, 0.05) is 38.5 Å². The van der Waals surface area contributed by atoms with Crippen molar-refractivity contribution in [2.45, 2.75) is 58.4 Å². The van der Waals surface area contributed by atoms with E-state index in [0.29, 0.717) is 12.2 Å². The molecule has 4 nitrogen and oxygen atoms in total. The second-order valence-corrected chi connectivity index (χ2v) is 6.23. The summed E-state index contributed by atoms with van der Waals surface area (Å²) >= 11 is 0. The van der Waals surface area contributed by atoms with Crippen molar-refractivity contribution < 1.29 is 9.59 Å². The normalized spacial score (nSPS) is 27.2. The predicted molar refractivity (Wildman–Crippen MR) is 79.5 cm³/mol. The Hall–Kier alpha value is -0.900. The van der Waals surface area contributed by atoms with Gasteiger partial charge in [-0.3, -0.25) is 14.5 Å². The number of piperidine rings is 1. The van der Waals surface area contributed by atoms with E-state index in [1.54, 1.807) is 0 Å². The van der Waals surface area contributed by atoms with Gasteiger partial charge >= 0.3 is 0 Å². The summed E-state index contributed by atoms with van der Waals surface area (Å²) in [7, 11) is 0. The third-order valence-corrected chi connectivity index (χ3v) is 4.87. The zero-order chi connectivity index (χ0) is 14.5. The summed E-state index contributed by atoms with van der Waals surface area (Å²) in [4.78, 5) is 28.7. The first-order chi connectivity index (χ1) is 9.63. The number of likely N-dealkylation sites (tertiary alicyclic amines) is 2. The molecule has 2 heterocycles. The largest absolute Gasteiger partial charge is 0.341 e. The maximum Gasteiger partial charge on any atom is 0.239 e. The number of rotatable bonds is 3. The number of amides is 1. The molecule has 2 aliphatic heterocycles. The molecule has 2 atom stereocenters. The molecule has 0 saturated carbocycles. The van der Waals surface area contributed by atoms with E-state index in [9.17, 15) is 9.59 Å². The molecule has 0 aliphatic carbocycles. The fourth-order valence-corrected chi connectivity index (χ4v) is 3.35. The maximum atomic E-state index is 12.6. The van der Waals surface area contributed by atoms with Gasteiger partial charge in [0.25, 0.3) is 0 Å². The molecule has 0 bridgehead atoms. The minimum absolute atomic E-state index is 0.0738. The van der Waals surface area contributed by atoms with Crippen LogP contribution in [0.5, 0.6) is 0 Å². The third kappa shape index (κ3) is 3.60. The van der Waals surface area contributed by atoms with Gasteiger partial charge in [0.15, 0.2) is 0 Å². The van der Waals surface area contributed by atoms with Crippen molar-refractivity contribution in [1.29, 1.82) is 0 Å². The van der Waals surface area contributed by atoms with Crippen LogP contribution in [0.15, 0.2) is 0 Å². The summed E-state index contributed by atoms with van der Waals surface area (Å²) in [5.41, 5.74) is 0. The Kier molecular flexibility index (Phi) is 5.58. The van der Waals surface area contributed by atoms with Gasteiger partial charge < -0.3 is 4.90 Å². The first kappa shape index (κ1) is 15.5. The maximum absolute atomic E-state index is 12.6. The van der Waals surface area contributed by atoms with Crippen LogP contribution >= 0.6 is 0 Å². The van der Waals surface area contributed by atoms with Crippen LogP contribution < -0.4 is 0 Å². The molecule has 0 aromatic heterocycles. The lowest BCUT2D eigenvalue weighted by atomic mass is 9.93. The summed E-state index contributed by atoms with van der Waals surface area (Å²) in [5, 5.41) is 0. The zero-order valence-electron chi connectivity index (χ0n) is 12.9. The Morgan fingerprint density at radius 2 is 1.85 bits per heavy atom. The number of Topliss-reactive ketones (excluding diaryl/α,β-unsaturated/α-hetero) is 1. The average Bonchev–Trinajstić information content (AvgIpc) is 2.75. The minimum Gasteiger partial charge on any atom is -0.341 e. The Balaban J connectivity index is 1.93. The molecular weight excluding hydrogens is 252 g/mol. The molecule has 20 heavy (non-hydrogen) atoms. The highest BCUT2D eigenvalue weighted by Crippen LogP contribution is 2.20. The van der Waals surface area contributed by atoms with E-state index in [0.717, 1.165) is 45.4 Å². The molecule has 2 saturated heterocycles. The molecule has 0 aromatic rings. The quantitative estimate of drug-likeness (QED) is 0.794. The zero-order valence-corrected chi connectivity index (χ0v) is 12.9. The van der Waals surface area contributed by atoms with Gasteiger partial charge in [0.1, 0.15) is 5.78 Å². The van der Waals surface area contributed by atoms with Gasteiger partial charge in [-0.15, -0.1) is 0 Å². The molecule has 2 unspecified atom stereocenters. The summed E-state index contributed by atoms with van der Waals surface area (Å²) in [5.74, 6) is 0.761. The molecule has 0 radical (unpaired) electrons.